The number of carbonyl (C=O) groups is 4. The number of nitrogens with zero attached hydrogens (tertiary/aromatic N) is 3. The monoisotopic (exact) mass is 660 g/mol. The van der Waals surface area contributed by atoms with Gasteiger partial charge in [-0.1, -0.05) is 48.5 Å². The number of aromatic nitrogens is 2. The number of hydrogen-bond acceptors (Lipinski definition) is 8. The standard InChI is InChI=1S/C35H40N4O9/c1-21-16-38(33(45)36-31(21)43)18-29(40)37(19-30(41)42)14-13-23-15-22(17-39(23)34(46)48-35(2,3)4)32(44)47-20-28-26-11-7-5-9-24(26)25-10-6-8-12-27(25)28/h5-12,16,22-23,28H,13-15,17-20H2,1-4H3,(H,41,42)(H,36,43,45)/t22-,23-/m0/s1. The Morgan fingerprint density at radius 2 is 1.62 bits per heavy atom. The number of likely N-dealkylation sites (tertiary alicyclic amines) is 1. The number of fused-ring (bicyclic) bond motifs is 3. The highest BCUT2D eigenvalue weighted by Gasteiger charge is 2.42. The largest absolute Gasteiger partial charge is 0.480 e. The third kappa shape index (κ3) is 7.67. The third-order valence-electron chi connectivity index (χ3n) is 8.64. The van der Waals surface area contributed by atoms with E-state index in [0.29, 0.717) is 0 Å². The van der Waals surface area contributed by atoms with Gasteiger partial charge in [-0.15, -0.1) is 0 Å². The molecule has 1 fully saturated rings. The van der Waals surface area contributed by atoms with Crippen molar-refractivity contribution in [3.8, 4) is 11.1 Å². The number of esters is 1. The highest BCUT2D eigenvalue weighted by molar-refractivity contribution is 5.82. The molecule has 48 heavy (non-hydrogen) atoms. The topological polar surface area (TPSA) is 168 Å². The number of hydrogen-bond donors (Lipinski definition) is 2. The molecule has 2 heterocycles. The molecule has 1 aliphatic heterocycles. The summed E-state index contributed by atoms with van der Waals surface area (Å²) in [6.45, 7) is 5.61. The van der Waals surface area contributed by atoms with Gasteiger partial charge in [0.2, 0.25) is 5.91 Å². The molecule has 254 valence electrons. The molecule has 2 aromatic carbocycles. The van der Waals surface area contributed by atoms with Gasteiger partial charge in [0.05, 0.1) is 5.92 Å². The van der Waals surface area contributed by atoms with Crippen molar-refractivity contribution in [2.75, 3.05) is 26.2 Å². The van der Waals surface area contributed by atoms with E-state index in [1.807, 2.05) is 36.4 Å². The van der Waals surface area contributed by atoms with E-state index in [-0.39, 0.29) is 44.0 Å². The first-order valence-electron chi connectivity index (χ1n) is 15.9. The first kappa shape index (κ1) is 34.1. The molecule has 1 aromatic heterocycles. The van der Waals surface area contributed by atoms with Gasteiger partial charge in [0.15, 0.2) is 0 Å². The number of carboxylic acids is 1. The van der Waals surface area contributed by atoms with Crippen LogP contribution in [-0.2, 0) is 30.4 Å². The number of H-pyrrole nitrogens is 1. The Kier molecular flexibility index (Phi) is 9.87. The number of carboxylic acid groups (broad SMARTS) is 1. The molecule has 2 N–H and O–H groups in total. The van der Waals surface area contributed by atoms with Gasteiger partial charge in [-0.3, -0.25) is 28.7 Å². The molecule has 0 radical (unpaired) electrons. The van der Waals surface area contributed by atoms with Gasteiger partial charge >= 0.3 is 23.7 Å². The van der Waals surface area contributed by atoms with Crippen molar-refractivity contribution in [2.45, 2.75) is 64.6 Å². The zero-order chi connectivity index (χ0) is 34.7. The number of carbonyl (C=O) groups excluding carboxylic acids is 3. The summed E-state index contributed by atoms with van der Waals surface area (Å²) in [6.07, 6.45) is 0.972. The Labute approximate surface area is 277 Å². The van der Waals surface area contributed by atoms with E-state index in [0.717, 1.165) is 31.7 Å². The number of nitrogens with one attached hydrogen (secondary N) is 1. The maximum atomic E-state index is 13.5. The molecule has 0 bridgehead atoms. The maximum absolute atomic E-state index is 13.5. The van der Waals surface area contributed by atoms with Gasteiger partial charge < -0.3 is 24.4 Å². The summed E-state index contributed by atoms with van der Waals surface area (Å²) in [5, 5.41) is 9.52. The van der Waals surface area contributed by atoms with Crippen molar-refractivity contribution in [1.82, 2.24) is 19.4 Å². The summed E-state index contributed by atoms with van der Waals surface area (Å²) >= 11 is 0. The van der Waals surface area contributed by atoms with E-state index in [1.54, 1.807) is 20.8 Å². The van der Waals surface area contributed by atoms with Crippen LogP contribution in [0, 0.1) is 12.8 Å². The fourth-order valence-corrected chi connectivity index (χ4v) is 6.37. The van der Waals surface area contributed by atoms with E-state index in [2.05, 4.69) is 17.1 Å². The lowest BCUT2D eigenvalue weighted by Crippen LogP contribution is -2.44. The van der Waals surface area contributed by atoms with Crippen LogP contribution < -0.4 is 11.2 Å². The first-order chi connectivity index (χ1) is 22.7. The quantitative estimate of drug-likeness (QED) is 0.311. The summed E-state index contributed by atoms with van der Waals surface area (Å²) in [6, 6.07) is 15.5. The Balaban J connectivity index is 1.29. The molecule has 2 amide bonds. The fourth-order valence-electron chi connectivity index (χ4n) is 6.37. The Morgan fingerprint density at radius 1 is 1.00 bits per heavy atom. The summed E-state index contributed by atoms with van der Waals surface area (Å²) in [4.78, 5) is 80.3. The predicted molar refractivity (Wildman–Crippen MR) is 174 cm³/mol. The minimum atomic E-state index is -1.26. The fraction of sp³-hybridized carbons (Fsp3) is 0.429. The number of ether oxygens (including phenoxy) is 2. The lowest BCUT2D eigenvalue weighted by molar-refractivity contribution is -0.148. The molecule has 2 aliphatic rings. The van der Waals surface area contributed by atoms with Crippen molar-refractivity contribution in [3.63, 3.8) is 0 Å². The Bertz CT molecular complexity index is 1790. The van der Waals surface area contributed by atoms with Crippen LogP contribution in [-0.4, -0.2) is 86.3 Å². The van der Waals surface area contributed by atoms with Crippen LogP contribution in [0.3, 0.4) is 0 Å². The highest BCUT2D eigenvalue weighted by atomic mass is 16.6. The van der Waals surface area contributed by atoms with Gasteiger partial charge in [0, 0.05) is 36.8 Å². The van der Waals surface area contributed by atoms with Crippen molar-refractivity contribution >= 4 is 23.9 Å². The molecular weight excluding hydrogens is 620 g/mol. The van der Waals surface area contributed by atoms with Crippen LogP contribution >= 0.6 is 0 Å². The van der Waals surface area contributed by atoms with E-state index in [4.69, 9.17) is 9.47 Å². The minimum Gasteiger partial charge on any atom is -0.480 e. The van der Waals surface area contributed by atoms with Gasteiger partial charge in [0.25, 0.3) is 5.56 Å². The number of aryl methyl sites for hydroxylation is 1. The minimum absolute atomic E-state index is 0.0369. The smallest absolute Gasteiger partial charge is 0.410 e. The zero-order valence-electron chi connectivity index (χ0n) is 27.4. The van der Waals surface area contributed by atoms with Crippen molar-refractivity contribution < 1.29 is 33.8 Å². The number of rotatable bonds is 10. The number of amides is 2. The number of aromatic amines is 1. The van der Waals surface area contributed by atoms with Crippen molar-refractivity contribution in [1.29, 1.82) is 0 Å². The highest BCUT2D eigenvalue weighted by Crippen LogP contribution is 2.44. The van der Waals surface area contributed by atoms with E-state index in [9.17, 15) is 33.9 Å². The number of aliphatic carboxylic acids is 1. The second-order valence-corrected chi connectivity index (χ2v) is 13.3. The van der Waals surface area contributed by atoms with Crippen molar-refractivity contribution in [2.24, 2.45) is 5.92 Å². The van der Waals surface area contributed by atoms with Gasteiger partial charge in [-0.25, -0.2) is 9.59 Å². The third-order valence-corrected chi connectivity index (χ3v) is 8.64. The van der Waals surface area contributed by atoms with Crippen LogP contribution in [0.5, 0.6) is 0 Å². The molecule has 0 spiro atoms. The lowest BCUT2D eigenvalue weighted by atomic mass is 9.98. The van der Waals surface area contributed by atoms with Crippen LogP contribution in [0.15, 0.2) is 64.3 Å². The van der Waals surface area contributed by atoms with Crippen LogP contribution in [0.2, 0.25) is 0 Å². The average Bonchev–Trinajstić information content (AvgIpc) is 3.59. The Morgan fingerprint density at radius 3 is 2.23 bits per heavy atom. The molecule has 13 heteroatoms. The zero-order valence-corrected chi connectivity index (χ0v) is 27.4. The first-order valence-corrected chi connectivity index (χ1v) is 15.9. The number of benzene rings is 2. The molecule has 3 aromatic rings. The average molecular weight is 661 g/mol. The van der Waals surface area contributed by atoms with Crippen LogP contribution in [0.25, 0.3) is 11.1 Å². The summed E-state index contributed by atoms with van der Waals surface area (Å²) < 4.78 is 12.5. The van der Waals surface area contributed by atoms with Gasteiger partial charge in [0.1, 0.15) is 25.3 Å². The van der Waals surface area contributed by atoms with Gasteiger partial charge in [-0.05, 0) is 62.8 Å². The molecule has 2 atom stereocenters. The normalized spacial score (nSPS) is 17.0. The predicted octanol–water partition coefficient (Wildman–Crippen LogP) is 3.13. The van der Waals surface area contributed by atoms with E-state index < -0.39 is 65.8 Å². The molecule has 1 saturated heterocycles. The second-order valence-electron chi connectivity index (χ2n) is 13.3. The molecule has 0 unspecified atom stereocenters. The van der Waals surface area contributed by atoms with Crippen LogP contribution in [0.4, 0.5) is 4.79 Å². The summed E-state index contributed by atoms with van der Waals surface area (Å²) in [5.74, 6) is -3.18. The molecule has 0 saturated carbocycles. The summed E-state index contributed by atoms with van der Waals surface area (Å²) in [7, 11) is 0. The summed E-state index contributed by atoms with van der Waals surface area (Å²) in [5.41, 5.74) is 2.39. The van der Waals surface area contributed by atoms with Crippen LogP contribution in [0.1, 0.15) is 56.2 Å². The van der Waals surface area contributed by atoms with Crippen molar-refractivity contribution in [3.05, 3.63) is 92.3 Å². The molecule has 5 rings (SSSR count). The Hall–Kier alpha value is -5.20. The molecule has 1 aliphatic carbocycles. The molecule has 13 nitrogen and oxygen atoms in total. The SMILES string of the molecule is Cc1cn(CC(=O)N(CC[C@H]2C[C@H](C(=O)OCC3c4ccccc4-c4ccccc43)CN2C(=O)OC(C)(C)C)CC(=O)O)c(=O)[nH]c1=O. The van der Waals surface area contributed by atoms with Gasteiger partial charge in [-0.2, -0.15) is 0 Å². The van der Waals surface area contributed by atoms with E-state index in [1.165, 1.54) is 18.0 Å². The maximum Gasteiger partial charge on any atom is 0.410 e. The lowest BCUT2D eigenvalue weighted by Gasteiger charge is -2.30. The molecular formula is C35H40N4O9. The van der Waals surface area contributed by atoms with E-state index >= 15 is 0 Å². The second kappa shape index (κ2) is 13.9.